The average molecular weight is 157 g/mol. The van der Waals surface area contributed by atoms with Crippen LogP contribution >= 0.6 is 0 Å². The summed E-state index contributed by atoms with van der Waals surface area (Å²) in [5.41, 5.74) is 0. The Kier molecular flexibility index (Phi) is 6.18. The van der Waals surface area contributed by atoms with Crippen molar-refractivity contribution in [1.82, 2.24) is 5.32 Å². The van der Waals surface area contributed by atoms with Gasteiger partial charge in [-0.05, 0) is 27.3 Å². The fourth-order valence-corrected chi connectivity index (χ4v) is 1.10. The smallest absolute Gasteiger partial charge is 0.0702 e. The van der Waals surface area contributed by atoms with Crippen molar-refractivity contribution < 1.29 is 4.74 Å². The van der Waals surface area contributed by atoms with E-state index in [1.54, 1.807) is 0 Å². The second-order valence-corrected chi connectivity index (χ2v) is 2.58. The third kappa shape index (κ3) is 4.17. The predicted octanol–water partition coefficient (Wildman–Crippen LogP) is 1.58. The van der Waals surface area contributed by atoms with Crippen molar-refractivity contribution in [2.24, 2.45) is 0 Å². The van der Waals surface area contributed by atoms with Crippen molar-refractivity contribution in [1.29, 1.82) is 0 Å². The van der Waals surface area contributed by atoms with E-state index in [2.05, 4.69) is 18.8 Å². The van der Waals surface area contributed by atoms with Crippen LogP contribution in [-0.2, 0) is 4.74 Å². The van der Waals surface area contributed by atoms with Crippen molar-refractivity contribution in [3.8, 4) is 0 Å². The SMILES string of the molecule is C=CCC(NC)C(C)OCC. The molecule has 0 saturated carbocycles. The fourth-order valence-electron chi connectivity index (χ4n) is 1.10. The summed E-state index contributed by atoms with van der Waals surface area (Å²) in [6.07, 6.45) is 3.14. The van der Waals surface area contributed by atoms with Crippen molar-refractivity contribution in [3.63, 3.8) is 0 Å². The maximum absolute atomic E-state index is 5.44. The lowest BCUT2D eigenvalue weighted by Gasteiger charge is -2.21. The maximum Gasteiger partial charge on any atom is 0.0702 e. The molecule has 0 heterocycles. The molecule has 2 unspecified atom stereocenters. The zero-order valence-electron chi connectivity index (χ0n) is 7.76. The minimum Gasteiger partial charge on any atom is -0.377 e. The van der Waals surface area contributed by atoms with Gasteiger partial charge in [0.05, 0.1) is 6.10 Å². The molecule has 2 heteroatoms. The summed E-state index contributed by atoms with van der Waals surface area (Å²) < 4.78 is 5.44. The van der Waals surface area contributed by atoms with Gasteiger partial charge in [-0.1, -0.05) is 6.08 Å². The highest BCUT2D eigenvalue weighted by Crippen LogP contribution is 2.02. The first-order chi connectivity index (χ1) is 5.26. The van der Waals surface area contributed by atoms with Crippen LogP contribution in [0.5, 0.6) is 0 Å². The van der Waals surface area contributed by atoms with E-state index in [0.29, 0.717) is 6.04 Å². The Balaban J connectivity index is 3.70. The quantitative estimate of drug-likeness (QED) is 0.591. The van der Waals surface area contributed by atoms with Gasteiger partial charge in [0, 0.05) is 12.6 Å². The summed E-state index contributed by atoms with van der Waals surface area (Å²) >= 11 is 0. The second-order valence-electron chi connectivity index (χ2n) is 2.58. The zero-order valence-corrected chi connectivity index (χ0v) is 7.76. The fraction of sp³-hybridized carbons (Fsp3) is 0.778. The van der Waals surface area contributed by atoms with Gasteiger partial charge in [0.15, 0.2) is 0 Å². The molecular formula is C9H19NO. The van der Waals surface area contributed by atoms with Gasteiger partial charge >= 0.3 is 0 Å². The van der Waals surface area contributed by atoms with Gasteiger partial charge in [-0.15, -0.1) is 6.58 Å². The summed E-state index contributed by atoms with van der Waals surface area (Å²) in [5, 5.41) is 3.19. The number of ether oxygens (including phenoxy) is 1. The normalized spacial score (nSPS) is 15.9. The van der Waals surface area contributed by atoms with E-state index >= 15 is 0 Å². The standard InChI is InChI=1S/C9H19NO/c1-5-7-9(10-4)8(3)11-6-2/h5,8-10H,1,6-7H2,2-4H3. The Morgan fingerprint density at radius 2 is 2.27 bits per heavy atom. The highest BCUT2D eigenvalue weighted by atomic mass is 16.5. The summed E-state index contributed by atoms with van der Waals surface area (Å²) in [5.74, 6) is 0. The van der Waals surface area contributed by atoms with Crippen LogP contribution in [0.15, 0.2) is 12.7 Å². The first kappa shape index (κ1) is 10.7. The molecule has 0 aliphatic rings. The Hall–Kier alpha value is -0.340. The van der Waals surface area contributed by atoms with Crippen LogP contribution in [0.25, 0.3) is 0 Å². The van der Waals surface area contributed by atoms with Gasteiger partial charge in [-0.3, -0.25) is 0 Å². The third-order valence-electron chi connectivity index (χ3n) is 1.79. The molecule has 0 saturated heterocycles. The molecule has 0 radical (unpaired) electrons. The second kappa shape index (κ2) is 6.38. The molecule has 0 aliphatic carbocycles. The first-order valence-electron chi connectivity index (χ1n) is 4.16. The van der Waals surface area contributed by atoms with Crippen LogP contribution in [0.3, 0.4) is 0 Å². The van der Waals surface area contributed by atoms with Crippen LogP contribution in [-0.4, -0.2) is 25.8 Å². The number of hydrogen-bond acceptors (Lipinski definition) is 2. The molecule has 2 nitrogen and oxygen atoms in total. The van der Waals surface area contributed by atoms with E-state index < -0.39 is 0 Å². The molecule has 0 amide bonds. The van der Waals surface area contributed by atoms with Gasteiger partial charge in [-0.2, -0.15) is 0 Å². The lowest BCUT2D eigenvalue weighted by atomic mass is 10.1. The van der Waals surface area contributed by atoms with E-state index in [4.69, 9.17) is 4.74 Å². The molecule has 0 fully saturated rings. The largest absolute Gasteiger partial charge is 0.377 e. The van der Waals surface area contributed by atoms with E-state index in [1.165, 1.54) is 0 Å². The van der Waals surface area contributed by atoms with Crippen molar-refractivity contribution in [2.45, 2.75) is 32.4 Å². The molecule has 0 spiro atoms. The molecule has 0 aliphatic heterocycles. The zero-order chi connectivity index (χ0) is 8.69. The van der Waals surface area contributed by atoms with Crippen molar-refractivity contribution in [3.05, 3.63) is 12.7 Å². The van der Waals surface area contributed by atoms with E-state index in [-0.39, 0.29) is 6.10 Å². The van der Waals surface area contributed by atoms with Gasteiger partial charge in [0.1, 0.15) is 0 Å². The molecule has 0 rings (SSSR count). The van der Waals surface area contributed by atoms with Crippen LogP contribution in [0.4, 0.5) is 0 Å². The molecule has 2 atom stereocenters. The highest BCUT2D eigenvalue weighted by Gasteiger charge is 2.12. The van der Waals surface area contributed by atoms with Crippen molar-refractivity contribution in [2.75, 3.05) is 13.7 Å². The van der Waals surface area contributed by atoms with E-state index in [0.717, 1.165) is 13.0 Å². The van der Waals surface area contributed by atoms with Gasteiger partial charge in [-0.25, -0.2) is 0 Å². The van der Waals surface area contributed by atoms with Crippen LogP contribution in [0.1, 0.15) is 20.3 Å². The van der Waals surface area contributed by atoms with Gasteiger partial charge in [0.25, 0.3) is 0 Å². The first-order valence-corrected chi connectivity index (χ1v) is 4.16. The number of nitrogens with one attached hydrogen (secondary N) is 1. The Morgan fingerprint density at radius 1 is 1.64 bits per heavy atom. The van der Waals surface area contributed by atoms with Crippen LogP contribution in [0, 0.1) is 0 Å². The lowest BCUT2D eigenvalue weighted by molar-refractivity contribution is 0.0504. The van der Waals surface area contributed by atoms with Crippen molar-refractivity contribution >= 4 is 0 Å². The maximum atomic E-state index is 5.44. The summed E-state index contributed by atoms with van der Waals surface area (Å²) in [6, 6.07) is 0.396. The minimum atomic E-state index is 0.267. The predicted molar refractivity (Wildman–Crippen MR) is 48.7 cm³/mol. The summed E-state index contributed by atoms with van der Waals surface area (Å²) in [7, 11) is 1.95. The highest BCUT2D eigenvalue weighted by molar-refractivity contribution is 4.81. The third-order valence-corrected chi connectivity index (χ3v) is 1.79. The lowest BCUT2D eigenvalue weighted by Crippen LogP contribution is -2.37. The minimum absolute atomic E-state index is 0.267. The van der Waals surface area contributed by atoms with E-state index in [9.17, 15) is 0 Å². The topological polar surface area (TPSA) is 21.3 Å². The number of rotatable bonds is 6. The molecule has 66 valence electrons. The molecule has 0 aromatic carbocycles. The summed E-state index contributed by atoms with van der Waals surface area (Å²) in [6.45, 7) is 8.56. The summed E-state index contributed by atoms with van der Waals surface area (Å²) in [4.78, 5) is 0. The average Bonchev–Trinajstić information content (AvgIpc) is 2.00. The molecule has 11 heavy (non-hydrogen) atoms. The Labute approximate surface area is 69.6 Å². The van der Waals surface area contributed by atoms with Gasteiger partial charge in [0.2, 0.25) is 0 Å². The molecule has 0 aromatic rings. The molecule has 0 aromatic heterocycles. The van der Waals surface area contributed by atoms with E-state index in [1.807, 2.05) is 20.0 Å². The molecular weight excluding hydrogens is 138 g/mol. The number of likely N-dealkylation sites (N-methyl/N-ethyl adjacent to an activating group) is 1. The van der Waals surface area contributed by atoms with Crippen LogP contribution in [0.2, 0.25) is 0 Å². The molecule has 0 bridgehead atoms. The van der Waals surface area contributed by atoms with Crippen LogP contribution < -0.4 is 5.32 Å². The number of hydrogen-bond donors (Lipinski definition) is 1. The Morgan fingerprint density at radius 3 is 2.64 bits per heavy atom. The van der Waals surface area contributed by atoms with Gasteiger partial charge < -0.3 is 10.1 Å². The monoisotopic (exact) mass is 157 g/mol. The Bertz CT molecular complexity index is 104. The molecule has 1 N–H and O–H groups in total.